The molecule has 75 valence electrons. The van der Waals surface area contributed by atoms with Crippen LogP contribution in [0.2, 0.25) is 12.1 Å². The van der Waals surface area contributed by atoms with Crippen LogP contribution >= 0.6 is 0 Å². The Bertz CT molecular complexity index is 144. The van der Waals surface area contributed by atoms with E-state index in [0.29, 0.717) is 5.31 Å². The lowest BCUT2D eigenvalue weighted by molar-refractivity contribution is 0.455. The molecule has 0 aromatic rings. The van der Waals surface area contributed by atoms with Gasteiger partial charge < -0.3 is 0 Å². The fourth-order valence-corrected chi connectivity index (χ4v) is 2.43. The van der Waals surface area contributed by atoms with E-state index in [1.54, 1.807) is 0 Å². The Kier molecular flexibility index (Phi) is 4.35. The van der Waals surface area contributed by atoms with E-state index in [-0.39, 0.29) is 0 Å². The standard InChI is InChI=1S/C12H24B/c1-11-7-4-5-9-12(2,13-3)10-6-8-11/h11H,4-10H2,1-3H3. The smallest absolute Gasteiger partial charge is 0.0914 e. The van der Waals surface area contributed by atoms with E-state index in [1.807, 2.05) is 0 Å². The quantitative estimate of drug-likeness (QED) is 0.526. The van der Waals surface area contributed by atoms with Crippen LogP contribution in [0.1, 0.15) is 58.8 Å². The summed E-state index contributed by atoms with van der Waals surface area (Å²) in [7, 11) is 2.43. The Labute approximate surface area is 84.7 Å². The average Bonchev–Trinajstić information content (AvgIpc) is 2.19. The van der Waals surface area contributed by atoms with Crippen LogP contribution in [0.25, 0.3) is 0 Å². The Morgan fingerprint density at radius 1 is 1.08 bits per heavy atom. The van der Waals surface area contributed by atoms with E-state index < -0.39 is 0 Å². The first-order valence-corrected chi connectivity index (χ1v) is 5.97. The highest BCUT2D eigenvalue weighted by molar-refractivity contribution is 6.38. The van der Waals surface area contributed by atoms with Gasteiger partial charge in [-0.05, 0) is 5.92 Å². The summed E-state index contributed by atoms with van der Waals surface area (Å²) in [6.07, 6.45) is 10.0. The third-order valence-electron chi connectivity index (χ3n) is 3.84. The summed E-state index contributed by atoms with van der Waals surface area (Å²) in [6.45, 7) is 7.09. The maximum absolute atomic E-state index is 2.43. The van der Waals surface area contributed by atoms with Crippen LogP contribution in [0.15, 0.2) is 0 Å². The summed E-state index contributed by atoms with van der Waals surface area (Å²) in [5.74, 6) is 0.971. The van der Waals surface area contributed by atoms with Crippen molar-refractivity contribution in [3.63, 3.8) is 0 Å². The van der Waals surface area contributed by atoms with E-state index in [2.05, 4.69) is 28.0 Å². The molecule has 0 amide bonds. The van der Waals surface area contributed by atoms with Gasteiger partial charge in [0.2, 0.25) is 0 Å². The molecule has 2 atom stereocenters. The molecule has 0 spiro atoms. The summed E-state index contributed by atoms with van der Waals surface area (Å²) < 4.78 is 0. The lowest BCUT2D eigenvalue weighted by Gasteiger charge is -2.27. The highest BCUT2D eigenvalue weighted by Gasteiger charge is 2.23. The summed E-state index contributed by atoms with van der Waals surface area (Å²) in [6, 6.07) is 0. The molecule has 1 aliphatic rings. The SMILES string of the molecule is C[B]C1(C)CCCCC(C)CCC1. The highest BCUT2D eigenvalue weighted by Crippen LogP contribution is 2.39. The molecule has 0 nitrogen and oxygen atoms in total. The minimum absolute atomic E-state index is 0.546. The van der Waals surface area contributed by atoms with Crippen molar-refractivity contribution in [3.05, 3.63) is 0 Å². The second kappa shape index (κ2) is 5.07. The van der Waals surface area contributed by atoms with Gasteiger partial charge in [-0.2, -0.15) is 0 Å². The maximum Gasteiger partial charge on any atom is 0.114 e. The van der Waals surface area contributed by atoms with Crippen molar-refractivity contribution in [2.45, 2.75) is 70.9 Å². The first-order chi connectivity index (χ1) is 6.16. The lowest BCUT2D eigenvalue weighted by Crippen LogP contribution is -2.14. The number of rotatable bonds is 1. The zero-order chi connectivity index (χ0) is 9.73. The Morgan fingerprint density at radius 3 is 2.38 bits per heavy atom. The third kappa shape index (κ3) is 3.75. The topological polar surface area (TPSA) is 0 Å². The van der Waals surface area contributed by atoms with Gasteiger partial charge in [0.1, 0.15) is 7.28 Å². The van der Waals surface area contributed by atoms with Crippen LogP contribution in [0.3, 0.4) is 0 Å². The molecular formula is C12H24B. The maximum atomic E-state index is 2.43. The van der Waals surface area contributed by atoms with Crippen molar-refractivity contribution in [1.82, 2.24) is 0 Å². The minimum Gasteiger partial charge on any atom is -0.0914 e. The Morgan fingerprint density at radius 2 is 1.69 bits per heavy atom. The van der Waals surface area contributed by atoms with Crippen molar-refractivity contribution in [2.75, 3.05) is 0 Å². The molecule has 1 radical (unpaired) electrons. The molecule has 1 aliphatic carbocycles. The number of hydrogen-bond donors (Lipinski definition) is 0. The zero-order valence-electron chi connectivity index (χ0n) is 9.60. The predicted molar refractivity (Wildman–Crippen MR) is 61.5 cm³/mol. The molecule has 0 N–H and O–H groups in total. The van der Waals surface area contributed by atoms with Gasteiger partial charge in [0.25, 0.3) is 0 Å². The van der Waals surface area contributed by atoms with E-state index in [0.717, 1.165) is 5.92 Å². The van der Waals surface area contributed by atoms with Crippen molar-refractivity contribution in [3.8, 4) is 0 Å². The molecule has 1 fully saturated rings. The molecule has 1 rings (SSSR count). The van der Waals surface area contributed by atoms with Gasteiger partial charge in [0, 0.05) is 0 Å². The largest absolute Gasteiger partial charge is 0.114 e. The fourth-order valence-electron chi connectivity index (χ4n) is 2.43. The molecule has 2 unspecified atom stereocenters. The Hall–Kier alpha value is 0.0649. The molecule has 0 bridgehead atoms. The molecule has 0 heterocycles. The first-order valence-electron chi connectivity index (χ1n) is 5.97. The molecule has 0 aromatic heterocycles. The van der Waals surface area contributed by atoms with Gasteiger partial charge in [-0.1, -0.05) is 70.9 Å². The summed E-state index contributed by atoms with van der Waals surface area (Å²) >= 11 is 0. The Balaban J connectivity index is 2.43. The summed E-state index contributed by atoms with van der Waals surface area (Å²) in [5, 5.41) is 0.546. The molecule has 1 heteroatoms. The molecule has 0 aliphatic heterocycles. The molecule has 1 saturated carbocycles. The van der Waals surface area contributed by atoms with Gasteiger partial charge in [-0.15, -0.1) is 0 Å². The van der Waals surface area contributed by atoms with Crippen LogP contribution < -0.4 is 0 Å². The first kappa shape index (κ1) is 11.1. The minimum atomic E-state index is 0.546. The fraction of sp³-hybridized carbons (Fsp3) is 1.00. The second-order valence-corrected chi connectivity index (χ2v) is 5.19. The molecule has 13 heavy (non-hydrogen) atoms. The van der Waals surface area contributed by atoms with Crippen LogP contribution in [-0.2, 0) is 0 Å². The molecule has 0 saturated heterocycles. The third-order valence-corrected chi connectivity index (χ3v) is 3.84. The molecule has 0 aromatic carbocycles. The average molecular weight is 179 g/mol. The van der Waals surface area contributed by atoms with Gasteiger partial charge in [-0.3, -0.25) is 0 Å². The second-order valence-electron chi connectivity index (χ2n) is 5.19. The van der Waals surface area contributed by atoms with Gasteiger partial charge in [0.15, 0.2) is 0 Å². The van der Waals surface area contributed by atoms with E-state index in [9.17, 15) is 0 Å². The lowest BCUT2D eigenvalue weighted by atomic mass is 9.51. The normalized spacial score (nSPS) is 37.3. The van der Waals surface area contributed by atoms with Crippen molar-refractivity contribution in [2.24, 2.45) is 5.92 Å². The van der Waals surface area contributed by atoms with Crippen molar-refractivity contribution >= 4 is 7.28 Å². The van der Waals surface area contributed by atoms with Crippen LogP contribution in [-0.4, -0.2) is 7.28 Å². The van der Waals surface area contributed by atoms with Gasteiger partial charge in [-0.25, -0.2) is 0 Å². The van der Waals surface area contributed by atoms with Crippen LogP contribution in [0.5, 0.6) is 0 Å². The number of hydrogen-bond acceptors (Lipinski definition) is 0. The van der Waals surface area contributed by atoms with E-state index in [4.69, 9.17) is 0 Å². The highest BCUT2D eigenvalue weighted by atomic mass is 14.2. The van der Waals surface area contributed by atoms with Gasteiger partial charge >= 0.3 is 0 Å². The molecular weight excluding hydrogens is 155 g/mol. The van der Waals surface area contributed by atoms with Crippen LogP contribution in [0, 0.1) is 5.92 Å². The summed E-state index contributed by atoms with van der Waals surface area (Å²) in [4.78, 5) is 0. The van der Waals surface area contributed by atoms with E-state index in [1.165, 1.54) is 44.9 Å². The van der Waals surface area contributed by atoms with Crippen molar-refractivity contribution in [1.29, 1.82) is 0 Å². The summed E-state index contributed by atoms with van der Waals surface area (Å²) in [5.41, 5.74) is 0. The monoisotopic (exact) mass is 179 g/mol. The van der Waals surface area contributed by atoms with Crippen LogP contribution in [0.4, 0.5) is 0 Å². The van der Waals surface area contributed by atoms with E-state index >= 15 is 0 Å². The van der Waals surface area contributed by atoms with Crippen molar-refractivity contribution < 1.29 is 0 Å². The zero-order valence-corrected chi connectivity index (χ0v) is 9.60. The predicted octanol–water partition coefficient (Wildman–Crippen LogP) is 4.30. The van der Waals surface area contributed by atoms with Gasteiger partial charge in [0.05, 0.1) is 0 Å².